The Kier molecular flexibility index (Phi) is 6.84. The molecule has 6 nitrogen and oxygen atoms in total. The lowest BCUT2D eigenvalue weighted by Gasteiger charge is -2.11. The van der Waals surface area contributed by atoms with Crippen molar-refractivity contribution in [1.82, 2.24) is 5.43 Å². The monoisotopic (exact) mass is 390 g/mol. The largest absolute Gasteiger partial charge is 0.497 e. The van der Waals surface area contributed by atoms with Gasteiger partial charge in [0.05, 0.1) is 20.4 Å². The van der Waals surface area contributed by atoms with Crippen LogP contribution in [0.1, 0.15) is 21.5 Å². The summed E-state index contributed by atoms with van der Waals surface area (Å²) in [6.45, 7) is 0.354. The van der Waals surface area contributed by atoms with Crippen LogP contribution in [0, 0.1) is 0 Å². The summed E-state index contributed by atoms with van der Waals surface area (Å²) in [5.41, 5.74) is 4.70. The van der Waals surface area contributed by atoms with Gasteiger partial charge in [0.15, 0.2) is 0 Å². The molecule has 0 radical (unpaired) electrons. The number of carbonyl (C=O) groups is 1. The number of methoxy groups -OCH3 is 2. The number of hydrogen-bond acceptors (Lipinski definition) is 5. The molecule has 3 aromatic carbocycles. The summed E-state index contributed by atoms with van der Waals surface area (Å²) in [5, 5.41) is 4.04. The first kappa shape index (κ1) is 19.9. The molecule has 3 rings (SSSR count). The smallest absolute Gasteiger partial charge is 0.271 e. The first-order valence-corrected chi connectivity index (χ1v) is 9.02. The Labute approximate surface area is 169 Å². The molecule has 0 spiro atoms. The SMILES string of the molecule is COc1ccc(C(=O)N/N=C\c2ccc(OC)c(COc3ccccc3)c2)cc1. The van der Waals surface area contributed by atoms with Gasteiger partial charge >= 0.3 is 0 Å². The van der Waals surface area contributed by atoms with E-state index in [4.69, 9.17) is 14.2 Å². The average molecular weight is 390 g/mol. The number of hydrazone groups is 1. The highest BCUT2D eigenvalue weighted by atomic mass is 16.5. The summed E-state index contributed by atoms with van der Waals surface area (Å²) in [5.74, 6) is 1.89. The van der Waals surface area contributed by atoms with Gasteiger partial charge in [0, 0.05) is 11.1 Å². The number of nitrogens with zero attached hydrogens (tertiary/aromatic N) is 1. The first-order chi connectivity index (χ1) is 14.2. The van der Waals surface area contributed by atoms with E-state index in [1.54, 1.807) is 44.7 Å². The zero-order chi connectivity index (χ0) is 20.5. The molecule has 0 fully saturated rings. The van der Waals surface area contributed by atoms with Crippen molar-refractivity contribution in [3.63, 3.8) is 0 Å². The predicted molar refractivity (Wildman–Crippen MR) is 112 cm³/mol. The summed E-state index contributed by atoms with van der Waals surface area (Å²) >= 11 is 0. The van der Waals surface area contributed by atoms with E-state index in [0.717, 1.165) is 22.6 Å². The van der Waals surface area contributed by atoms with Gasteiger partial charge in [0.2, 0.25) is 0 Å². The van der Waals surface area contributed by atoms with Gasteiger partial charge < -0.3 is 14.2 Å². The molecule has 0 bridgehead atoms. The molecule has 3 aromatic rings. The normalized spacial score (nSPS) is 10.6. The molecule has 0 saturated carbocycles. The Bertz CT molecular complexity index is 970. The number of benzene rings is 3. The second-order valence-corrected chi connectivity index (χ2v) is 6.10. The van der Waals surface area contributed by atoms with Crippen molar-refractivity contribution in [2.75, 3.05) is 14.2 Å². The van der Waals surface area contributed by atoms with Crippen LogP contribution in [-0.4, -0.2) is 26.3 Å². The van der Waals surface area contributed by atoms with Gasteiger partial charge in [0.25, 0.3) is 5.91 Å². The highest BCUT2D eigenvalue weighted by molar-refractivity contribution is 5.95. The van der Waals surface area contributed by atoms with E-state index in [1.165, 1.54) is 0 Å². The zero-order valence-electron chi connectivity index (χ0n) is 16.3. The molecule has 1 N–H and O–H groups in total. The number of amides is 1. The molecule has 0 heterocycles. The van der Waals surface area contributed by atoms with Crippen LogP contribution < -0.4 is 19.6 Å². The van der Waals surface area contributed by atoms with Gasteiger partial charge in [-0.25, -0.2) is 5.43 Å². The highest BCUT2D eigenvalue weighted by Gasteiger charge is 2.06. The molecule has 0 unspecified atom stereocenters. The zero-order valence-corrected chi connectivity index (χ0v) is 16.3. The minimum absolute atomic E-state index is 0.301. The van der Waals surface area contributed by atoms with E-state index in [9.17, 15) is 4.79 Å². The summed E-state index contributed by atoms with van der Waals surface area (Å²) in [6, 6.07) is 22.0. The van der Waals surface area contributed by atoms with Gasteiger partial charge in [-0.2, -0.15) is 5.10 Å². The van der Waals surface area contributed by atoms with E-state index < -0.39 is 0 Å². The maximum Gasteiger partial charge on any atom is 0.271 e. The maximum atomic E-state index is 12.2. The topological polar surface area (TPSA) is 69.2 Å². The molecule has 148 valence electrons. The van der Waals surface area contributed by atoms with Crippen LogP contribution >= 0.6 is 0 Å². The minimum Gasteiger partial charge on any atom is -0.497 e. The maximum absolute atomic E-state index is 12.2. The molecule has 0 atom stereocenters. The molecule has 0 aliphatic heterocycles. The molecular weight excluding hydrogens is 368 g/mol. The Morgan fingerprint density at radius 1 is 0.931 bits per heavy atom. The Balaban J connectivity index is 1.64. The van der Waals surface area contributed by atoms with E-state index in [-0.39, 0.29) is 5.91 Å². The number of hydrogen-bond donors (Lipinski definition) is 1. The van der Waals surface area contributed by atoms with Crippen LogP contribution in [-0.2, 0) is 6.61 Å². The van der Waals surface area contributed by atoms with Crippen LogP contribution in [0.4, 0.5) is 0 Å². The van der Waals surface area contributed by atoms with Gasteiger partial charge in [0.1, 0.15) is 23.9 Å². The third-order valence-electron chi connectivity index (χ3n) is 4.17. The molecule has 1 amide bonds. The summed E-state index contributed by atoms with van der Waals surface area (Å²) in [6.07, 6.45) is 1.58. The minimum atomic E-state index is -0.301. The fourth-order valence-corrected chi connectivity index (χ4v) is 2.64. The lowest BCUT2D eigenvalue weighted by Crippen LogP contribution is -2.17. The van der Waals surface area contributed by atoms with Crippen molar-refractivity contribution >= 4 is 12.1 Å². The summed E-state index contributed by atoms with van der Waals surface area (Å²) in [7, 11) is 3.19. The fourth-order valence-electron chi connectivity index (χ4n) is 2.64. The van der Waals surface area contributed by atoms with Gasteiger partial charge in [-0.3, -0.25) is 4.79 Å². The third-order valence-corrected chi connectivity index (χ3v) is 4.17. The molecule has 0 aliphatic rings. The molecule has 0 aromatic heterocycles. The van der Waals surface area contributed by atoms with E-state index >= 15 is 0 Å². The Morgan fingerprint density at radius 3 is 2.38 bits per heavy atom. The van der Waals surface area contributed by atoms with Crippen molar-refractivity contribution in [3.05, 3.63) is 89.5 Å². The van der Waals surface area contributed by atoms with E-state index in [0.29, 0.717) is 17.9 Å². The lowest BCUT2D eigenvalue weighted by atomic mass is 10.1. The van der Waals surface area contributed by atoms with Gasteiger partial charge in [-0.15, -0.1) is 0 Å². The molecule has 29 heavy (non-hydrogen) atoms. The standard InChI is InChI=1S/C23H22N2O4/c1-27-20-11-9-18(10-12-20)23(26)25-24-15-17-8-13-22(28-2)19(14-17)16-29-21-6-4-3-5-7-21/h3-15H,16H2,1-2H3,(H,25,26)/b24-15-. The quantitative estimate of drug-likeness (QED) is 0.465. The average Bonchev–Trinajstić information content (AvgIpc) is 2.78. The van der Waals surface area contributed by atoms with Gasteiger partial charge in [-0.1, -0.05) is 18.2 Å². The van der Waals surface area contributed by atoms with Crippen LogP contribution in [0.3, 0.4) is 0 Å². The van der Waals surface area contributed by atoms with Crippen molar-refractivity contribution in [2.24, 2.45) is 5.10 Å². The first-order valence-electron chi connectivity index (χ1n) is 9.02. The van der Waals surface area contributed by atoms with Crippen LogP contribution in [0.15, 0.2) is 77.9 Å². The number of nitrogens with one attached hydrogen (secondary N) is 1. The van der Waals surface area contributed by atoms with Crippen molar-refractivity contribution in [1.29, 1.82) is 0 Å². The summed E-state index contributed by atoms with van der Waals surface area (Å²) < 4.78 is 16.3. The fraction of sp³-hybridized carbons (Fsp3) is 0.130. The summed E-state index contributed by atoms with van der Waals surface area (Å²) in [4.78, 5) is 12.2. The van der Waals surface area contributed by atoms with Crippen LogP contribution in [0.25, 0.3) is 0 Å². The number of carbonyl (C=O) groups excluding carboxylic acids is 1. The Morgan fingerprint density at radius 2 is 1.69 bits per heavy atom. The molecular formula is C23H22N2O4. The highest BCUT2D eigenvalue weighted by Crippen LogP contribution is 2.21. The lowest BCUT2D eigenvalue weighted by molar-refractivity contribution is 0.0955. The van der Waals surface area contributed by atoms with Crippen LogP contribution in [0.2, 0.25) is 0 Å². The van der Waals surface area contributed by atoms with Crippen LogP contribution in [0.5, 0.6) is 17.2 Å². The van der Waals surface area contributed by atoms with E-state index in [1.807, 2.05) is 48.5 Å². The third kappa shape index (κ3) is 5.59. The van der Waals surface area contributed by atoms with E-state index in [2.05, 4.69) is 10.5 Å². The predicted octanol–water partition coefficient (Wildman–Crippen LogP) is 4.05. The Hall–Kier alpha value is -3.80. The number of rotatable bonds is 8. The second kappa shape index (κ2) is 9.94. The van der Waals surface area contributed by atoms with Crippen molar-refractivity contribution < 1.29 is 19.0 Å². The van der Waals surface area contributed by atoms with Gasteiger partial charge in [-0.05, 0) is 60.2 Å². The second-order valence-electron chi connectivity index (χ2n) is 6.10. The molecule has 0 aliphatic carbocycles. The number of ether oxygens (including phenoxy) is 3. The number of para-hydroxylation sites is 1. The van der Waals surface area contributed by atoms with Crippen molar-refractivity contribution in [2.45, 2.75) is 6.61 Å². The molecule has 6 heteroatoms. The van der Waals surface area contributed by atoms with Crippen molar-refractivity contribution in [3.8, 4) is 17.2 Å². The molecule has 0 saturated heterocycles.